The molecule has 1 aromatic carbocycles. The van der Waals surface area contributed by atoms with Crippen molar-refractivity contribution in [3.8, 4) is 0 Å². The number of halogens is 1. The van der Waals surface area contributed by atoms with Crippen molar-refractivity contribution in [1.29, 1.82) is 0 Å². The highest BCUT2D eigenvalue weighted by Gasteiger charge is 2.28. The fourth-order valence-corrected chi connectivity index (χ4v) is 2.83. The van der Waals surface area contributed by atoms with Crippen molar-refractivity contribution in [2.24, 2.45) is 0 Å². The van der Waals surface area contributed by atoms with Gasteiger partial charge in [0.15, 0.2) is 0 Å². The van der Waals surface area contributed by atoms with Crippen molar-refractivity contribution in [2.75, 3.05) is 6.54 Å². The summed E-state index contributed by atoms with van der Waals surface area (Å²) in [6.45, 7) is 5.13. The van der Waals surface area contributed by atoms with Gasteiger partial charge in [-0.3, -0.25) is 0 Å². The van der Waals surface area contributed by atoms with Gasteiger partial charge < -0.3 is 5.32 Å². The smallest absolute Gasteiger partial charge is 0.126 e. The minimum absolute atomic E-state index is 0.0928. The lowest BCUT2D eigenvalue weighted by Crippen LogP contribution is -2.31. The Morgan fingerprint density at radius 1 is 1.35 bits per heavy atom. The third kappa shape index (κ3) is 2.86. The van der Waals surface area contributed by atoms with Crippen molar-refractivity contribution in [3.63, 3.8) is 0 Å². The van der Waals surface area contributed by atoms with E-state index in [1.54, 1.807) is 6.07 Å². The molecule has 0 bridgehead atoms. The van der Waals surface area contributed by atoms with Gasteiger partial charge in [-0.05, 0) is 55.8 Å². The predicted molar refractivity (Wildman–Crippen MR) is 69.8 cm³/mol. The largest absolute Gasteiger partial charge is 0.313 e. The maximum atomic E-state index is 13.3. The van der Waals surface area contributed by atoms with Crippen LogP contribution in [-0.2, 0) is 0 Å². The fraction of sp³-hybridized carbons (Fsp3) is 0.600. The van der Waals surface area contributed by atoms with Crippen LogP contribution in [0.2, 0.25) is 0 Å². The molecule has 2 unspecified atom stereocenters. The Kier molecular flexibility index (Phi) is 4.16. The van der Waals surface area contributed by atoms with Gasteiger partial charge in [-0.25, -0.2) is 4.39 Å². The first-order chi connectivity index (χ1) is 8.22. The van der Waals surface area contributed by atoms with Crippen LogP contribution in [-0.4, -0.2) is 12.6 Å². The number of nitrogens with one attached hydrogen (secondary N) is 1. The van der Waals surface area contributed by atoms with E-state index in [1.807, 2.05) is 19.1 Å². The number of aryl methyl sites for hydroxylation is 1. The third-order valence-electron chi connectivity index (χ3n) is 3.78. The summed E-state index contributed by atoms with van der Waals surface area (Å²) in [7, 11) is 0. The third-order valence-corrected chi connectivity index (χ3v) is 3.78. The molecule has 0 amide bonds. The lowest BCUT2D eigenvalue weighted by Gasteiger charge is -2.21. The molecule has 94 valence electrons. The Bertz CT molecular complexity index is 375. The van der Waals surface area contributed by atoms with Gasteiger partial charge in [0, 0.05) is 6.04 Å². The minimum Gasteiger partial charge on any atom is -0.313 e. The quantitative estimate of drug-likeness (QED) is 0.837. The molecule has 0 aromatic heterocycles. The van der Waals surface area contributed by atoms with Gasteiger partial charge in [-0.1, -0.05) is 25.5 Å². The molecule has 0 saturated heterocycles. The molecule has 0 aliphatic heterocycles. The molecule has 1 N–H and O–H groups in total. The normalized spacial score (nSPS) is 24.2. The average Bonchev–Trinajstić information content (AvgIpc) is 2.78. The van der Waals surface area contributed by atoms with Crippen molar-refractivity contribution < 1.29 is 4.39 Å². The van der Waals surface area contributed by atoms with E-state index in [1.165, 1.54) is 31.2 Å². The van der Waals surface area contributed by atoms with E-state index in [0.717, 1.165) is 12.1 Å². The van der Waals surface area contributed by atoms with Crippen LogP contribution >= 0.6 is 0 Å². The molecule has 2 rings (SSSR count). The lowest BCUT2D eigenvalue weighted by atomic mass is 9.92. The molecule has 1 nitrogen and oxygen atoms in total. The average molecular weight is 235 g/mol. The van der Waals surface area contributed by atoms with Gasteiger partial charge >= 0.3 is 0 Å². The maximum Gasteiger partial charge on any atom is 0.126 e. The number of rotatable bonds is 4. The predicted octanol–water partition coefficient (Wildman–Crippen LogP) is 3.77. The van der Waals surface area contributed by atoms with Gasteiger partial charge in [0.2, 0.25) is 0 Å². The van der Waals surface area contributed by atoms with E-state index in [-0.39, 0.29) is 5.82 Å². The van der Waals surface area contributed by atoms with E-state index in [9.17, 15) is 4.39 Å². The molecule has 1 aliphatic rings. The van der Waals surface area contributed by atoms with Crippen molar-refractivity contribution >= 4 is 0 Å². The number of hydrogen-bond acceptors (Lipinski definition) is 1. The van der Waals surface area contributed by atoms with E-state index in [0.29, 0.717) is 12.0 Å². The topological polar surface area (TPSA) is 12.0 Å². The molecule has 1 fully saturated rings. The molecule has 2 atom stereocenters. The first kappa shape index (κ1) is 12.6. The standard InChI is InChI=1S/C15H22FN/c1-3-9-17-15-6-4-5-13(15)12-7-8-14(16)11(2)10-12/h7-8,10,13,15,17H,3-6,9H2,1-2H3. The Morgan fingerprint density at radius 2 is 2.18 bits per heavy atom. The van der Waals surface area contributed by atoms with E-state index in [2.05, 4.69) is 12.2 Å². The van der Waals surface area contributed by atoms with Crippen molar-refractivity contribution in [3.05, 3.63) is 35.1 Å². The van der Waals surface area contributed by atoms with E-state index in [4.69, 9.17) is 0 Å². The zero-order valence-electron chi connectivity index (χ0n) is 10.8. The van der Waals surface area contributed by atoms with E-state index < -0.39 is 0 Å². The maximum absolute atomic E-state index is 13.3. The summed E-state index contributed by atoms with van der Waals surface area (Å²) in [5, 5.41) is 3.62. The summed E-state index contributed by atoms with van der Waals surface area (Å²) >= 11 is 0. The van der Waals surface area contributed by atoms with Gasteiger partial charge in [-0.15, -0.1) is 0 Å². The Hall–Kier alpha value is -0.890. The van der Waals surface area contributed by atoms with Crippen LogP contribution in [0, 0.1) is 12.7 Å². The fourth-order valence-electron chi connectivity index (χ4n) is 2.83. The molecule has 17 heavy (non-hydrogen) atoms. The molecule has 1 aromatic rings. The van der Waals surface area contributed by atoms with Gasteiger partial charge in [0.1, 0.15) is 5.82 Å². The molecule has 1 aliphatic carbocycles. The summed E-state index contributed by atoms with van der Waals surface area (Å²) in [5.41, 5.74) is 2.07. The van der Waals surface area contributed by atoms with Crippen LogP contribution in [0.4, 0.5) is 4.39 Å². The van der Waals surface area contributed by atoms with E-state index >= 15 is 0 Å². The highest BCUT2D eigenvalue weighted by Crippen LogP contribution is 2.35. The molecule has 2 heteroatoms. The molecular weight excluding hydrogens is 213 g/mol. The molecule has 0 spiro atoms. The van der Waals surface area contributed by atoms with Gasteiger partial charge in [0.05, 0.1) is 0 Å². The second-order valence-electron chi connectivity index (χ2n) is 5.11. The van der Waals surface area contributed by atoms with Crippen LogP contribution in [0.15, 0.2) is 18.2 Å². The highest BCUT2D eigenvalue weighted by atomic mass is 19.1. The summed E-state index contributed by atoms with van der Waals surface area (Å²) < 4.78 is 13.3. The van der Waals surface area contributed by atoms with Crippen molar-refractivity contribution in [1.82, 2.24) is 5.32 Å². The zero-order valence-corrected chi connectivity index (χ0v) is 10.8. The van der Waals surface area contributed by atoms with Gasteiger partial charge in [0.25, 0.3) is 0 Å². The summed E-state index contributed by atoms with van der Waals surface area (Å²) in [5.74, 6) is 0.477. The highest BCUT2D eigenvalue weighted by molar-refractivity contribution is 5.28. The van der Waals surface area contributed by atoms with Crippen LogP contribution in [0.3, 0.4) is 0 Å². The zero-order chi connectivity index (χ0) is 12.3. The minimum atomic E-state index is -0.0928. The van der Waals surface area contributed by atoms with Crippen LogP contribution < -0.4 is 5.32 Å². The van der Waals surface area contributed by atoms with Crippen LogP contribution in [0.1, 0.15) is 49.7 Å². The Morgan fingerprint density at radius 3 is 2.88 bits per heavy atom. The Labute approximate surface area is 103 Å². The second kappa shape index (κ2) is 5.63. The monoisotopic (exact) mass is 235 g/mol. The molecule has 1 saturated carbocycles. The molecule has 0 radical (unpaired) electrons. The van der Waals surface area contributed by atoms with Gasteiger partial charge in [-0.2, -0.15) is 0 Å². The second-order valence-corrected chi connectivity index (χ2v) is 5.11. The molecule has 0 heterocycles. The number of benzene rings is 1. The summed E-state index contributed by atoms with van der Waals surface area (Å²) in [4.78, 5) is 0. The lowest BCUT2D eigenvalue weighted by molar-refractivity contribution is 0.478. The Balaban J connectivity index is 2.11. The summed E-state index contributed by atoms with van der Waals surface area (Å²) in [6, 6.07) is 6.17. The van der Waals surface area contributed by atoms with Crippen molar-refractivity contribution in [2.45, 2.75) is 51.5 Å². The first-order valence-electron chi connectivity index (χ1n) is 6.71. The summed E-state index contributed by atoms with van der Waals surface area (Å²) in [6.07, 6.45) is 4.93. The van der Waals surface area contributed by atoms with Crippen LogP contribution in [0.5, 0.6) is 0 Å². The number of hydrogen-bond donors (Lipinski definition) is 1. The molecular formula is C15H22FN. The SMILES string of the molecule is CCCNC1CCCC1c1ccc(F)c(C)c1. The first-order valence-corrected chi connectivity index (χ1v) is 6.71. The van der Waals surface area contributed by atoms with Crippen LogP contribution in [0.25, 0.3) is 0 Å².